The molecule has 48 heavy (non-hydrogen) atoms. The van der Waals surface area contributed by atoms with Gasteiger partial charge in [0.2, 0.25) is 0 Å². The third-order valence-corrected chi connectivity index (χ3v) is 8.31. The maximum absolute atomic E-state index is 6.08. The molecule has 0 aliphatic carbocycles. The minimum atomic E-state index is 0.458. The van der Waals surface area contributed by atoms with Crippen LogP contribution in [0.25, 0.3) is 32.3 Å². The quantitative estimate of drug-likeness (QED) is 0.185. The molecular formula is C45H30O3. The highest BCUT2D eigenvalue weighted by Crippen LogP contribution is 2.43. The Morgan fingerprint density at radius 1 is 0.312 bits per heavy atom. The minimum absolute atomic E-state index is 0.458. The van der Waals surface area contributed by atoms with Gasteiger partial charge in [0.1, 0.15) is 16.7 Å². The number of fused-ring (bicyclic) bond motifs is 3. The van der Waals surface area contributed by atoms with E-state index in [-0.39, 0.29) is 0 Å². The summed E-state index contributed by atoms with van der Waals surface area (Å²) in [5.74, 6) is 21.7. The molecule has 228 valence electrons. The van der Waals surface area contributed by atoms with Crippen molar-refractivity contribution in [2.24, 2.45) is 0 Å². The van der Waals surface area contributed by atoms with Gasteiger partial charge in [-0.05, 0) is 50.5 Å². The lowest BCUT2D eigenvalue weighted by Gasteiger charge is -2.17. The van der Waals surface area contributed by atoms with Crippen LogP contribution in [-0.4, -0.2) is 21.3 Å². The summed E-state index contributed by atoms with van der Waals surface area (Å²) in [6.45, 7) is 0. The first kappa shape index (κ1) is 30.1. The molecule has 0 aliphatic heterocycles. The van der Waals surface area contributed by atoms with Crippen molar-refractivity contribution in [1.29, 1.82) is 0 Å². The van der Waals surface area contributed by atoms with Gasteiger partial charge in [-0.25, -0.2) is 0 Å². The molecule has 0 spiro atoms. The first-order valence-electron chi connectivity index (χ1n) is 15.6. The van der Waals surface area contributed by atoms with Gasteiger partial charge in [0.05, 0.1) is 21.3 Å². The van der Waals surface area contributed by atoms with E-state index in [1.165, 1.54) is 0 Å². The smallest absolute Gasteiger partial charge is 0.157 e. The van der Waals surface area contributed by atoms with E-state index in [0.717, 1.165) is 49.0 Å². The molecule has 3 heteroatoms. The van der Waals surface area contributed by atoms with Crippen molar-refractivity contribution >= 4 is 32.3 Å². The standard InChI is InChI=1S/C45H30O3/c1-46-43-40(28-25-34-19-10-16-31-13-4-7-22-37(31)34)44(47-2)42(30-27-36-21-12-18-33-15-6-9-24-39(33)36)45(48-3)41(43)29-26-35-20-11-17-32-14-5-8-23-38(32)35/h4-24H,1-3H3. The van der Waals surface area contributed by atoms with Gasteiger partial charge in [-0.15, -0.1) is 0 Å². The fourth-order valence-corrected chi connectivity index (χ4v) is 6.03. The molecule has 7 aromatic carbocycles. The van der Waals surface area contributed by atoms with E-state index in [0.29, 0.717) is 33.9 Å². The van der Waals surface area contributed by atoms with Crippen LogP contribution >= 0.6 is 0 Å². The normalized spacial score (nSPS) is 10.3. The van der Waals surface area contributed by atoms with Crippen LogP contribution in [-0.2, 0) is 0 Å². The van der Waals surface area contributed by atoms with E-state index in [1.807, 2.05) is 72.8 Å². The number of benzene rings is 7. The maximum atomic E-state index is 6.08. The minimum Gasteiger partial charge on any atom is -0.494 e. The van der Waals surface area contributed by atoms with Gasteiger partial charge in [0.15, 0.2) is 17.2 Å². The molecule has 7 rings (SSSR count). The average Bonchev–Trinajstić information content (AvgIpc) is 3.14. The molecule has 0 saturated carbocycles. The maximum Gasteiger partial charge on any atom is 0.157 e. The van der Waals surface area contributed by atoms with Crippen LogP contribution in [0.1, 0.15) is 33.4 Å². The van der Waals surface area contributed by atoms with Gasteiger partial charge >= 0.3 is 0 Å². The first-order valence-corrected chi connectivity index (χ1v) is 15.6. The van der Waals surface area contributed by atoms with E-state index in [9.17, 15) is 0 Å². The fraction of sp³-hybridized carbons (Fsp3) is 0.0667. The van der Waals surface area contributed by atoms with Crippen molar-refractivity contribution in [3.05, 3.63) is 161 Å². The Labute approximate surface area is 280 Å². The molecule has 0 unspecified atom stereocenters. The molecule has 0 aliphatic rings. The van der Waals surface area contributed by atoms with Crippen molar-refractivity contribution in [2.75, 3.05) is 21.3 Å². The van der Waals surface area contributed by atoms with Crippen molar-refractivity contribution in [3.8, 4) is 52.8 Å². The highest BCUT2D eigenvalue weighted by atomic mass is 16.5. The molecule has 3 nitrogen and oxygen atoms in total. The highest BCUT2D eigenvalue weighted by Gasteiger charge is 2.25. The molecule has 0 heterocycles. The Kier molecular flexibility index (Phi) is 8.40. The summed E-state index contributed by atoms with van der Waals surface area (Å²) < 4.78 is 18.2. The summed E-state index contributed by atoms with van der Waals surface area (Å²) in [4.78, 5) is 0. The molecule has 7 aromatic rings. The summed E-state index contributed by atoms with van der Waals surface area (Å²) in [6.07, 6.45) is 0. The van der Waals surface area contributed by atoms with Crippen molar-refractivity contribution in [2.45, 2.75) is 0 Å². The summed E-state index contributed by atoms with van der Waals surface area (Å²) in [6, 6.07) is 42.9. The molecule has 0 amide bonds. The molecule has 0 fully saturated rings. The number of hydrogen-bond donors (Lipinski definition) is 0. The van der Waals surface area contributed by atoms with Gasteiger partial charge in [-0.3, -0.25) is 0 Å². The van der Waals surface area contributed by atoms with Crippen LogP contribution in [0.5, 0.6) is 17.2 Å². The van der Waals surface area contributed by atoms with Crippen LogP contribution in [0.3, 0.4) is 0 Å². The predicted octanol–water partition coefficient (Wildman–Crippen LogP) is 9.37. The van der Waals surface area contributed by atoms with Crippen LogP contribution in [0.4, 0.5) is 0 Å². The zero-order valence-electron chi connectivity index (χ0n) is 26.8. The lowest BCUT2D eigenvalue weighted by Crippen LogP contribution is -2.04. The Balaban J connectivity index is 1.50. The van der Waals surface area contributed by atoms with E-state index in [4.69, 9.17) is 14.2 Å². The van der Waals surface area contributed by atoms with Crippen molar-refractivity contribution in [1.82, 2.24) is 0 Å². The van der Waals surface area contributed by atoms with E-state index < -0.39 is 0 Å². The second kappa shape index (κ2) is 13.4. The van der Waals surface area contributed by atoms with Crippen LogP contribution < -0.4 is 14.2 Å². The van der Waals surface area contributed by atoms with E-state index >= 15 is 0 Å². The third-order valence-electron chi connectivity index (χ3n) is 8.31. The van der Waals surface area contributed by atoms with Crippen LogP contribution in [0, 0.1) is 35.5 Å². The van der Waals surface area contributed by atoms with Gasteiger partial charge in [-0.2, -0.15) is 0 Å². The third kappa shape index (κ3) is 5.65. The Bertz CT molecular complexity index is 2220. The number of methoxy groups -OCH3 is 3. The summed E-state index contributed by atoms with van der Waals surface area (Å²) in [5, 5.41) is 6.52. The zero-order chi connectivity index (χ0) is 32.9. The molecule has 0 aromatic heterocycles. The lowest BCUT2D eigenvalue weighted by molar-refractivity contribution is 0.370. The molecule has 0 radical (unpaired) electrons. The number of rotatable bonds is 3. The molecule has 0 bridgehead atoms. The van der Waals surface area contributed by atoms with E-state index in [2.05, 4.69) is 90.1 Å². The SMILES string of the molecule is COc1c(C#Cc2cccc3ccccc23)c(OC)c(C#Cc2cccc3ccccc23)c(OC)c1C#Cc1cccc2ccccc12. The van der Waals surface area contributed by atoms with Crippen molar-refractivity contribution in [3.63, 3.8) is 0 Å². The van der Waals surface area contributed by atoms with Crippen LogP contribution in [0.15, 0.2) is 127 Å². The monoisotopic (exact) mass is 618 g/mol. The summed E-state index contributed by atoms with van der Waals surface area (Å²) in [7, 11) is 4.84. The largest absolute Gasteiger partial charge is 0.494 e. The molecule has 0 N–H and O–H groups in total. The highest BCUT2D eigenvalue weighted by molar-refractivity contribution is 5.91. The van der Waals surface area contributed by atoms with Gasteiger partial charge < -0.3 is 14.2 Å². The number of hydrogen-bond acceptors (Lipinski definition) is 3. The molecular weight excluding hydrogens is 588 g/mol. The van der Waals surface area contributed by atoms with Crippen molar-refractivity contribution < 1.29 is 14.2 Å². The summed E-state index contributed by atoms with van der Waals surface area (Å²) in [5.41, 5.74) is 4.29. The lowest BCUT2D eigenvalue weighted by atomic mass is 9.98. The average molecular weight is 619 g/mol. The fourth-order valence-electron chi connectivity index (χ4n) is 6.03. The molecule has 0 saturated heterocycles. The van der Waals surface area contributed by atoms with Gasteiger partial charge in [-0.1, -0.05) is 145 Å². The Morgan fingerprint density at radius 2 is 0.583 bits per heavy atom. The van der Waals surface area contributed by atoms with Gasteiger partial charge in [0, 0.05) is 16.7 Å². The molecule has 0 atom stereocenters. The van der Waals surface area contributed by atoms with Crippen LogP contribution in [0.2, 0.25) is 0 Å². The van der Waals surface area contributed by atoms with Gasteiger partial charge in [0.25, 0.3) is 0 Å². The Morgan fingerprint density at radius 3 is 0.875 bits per heavy atom. The second-order valence-electron chi connectivity index (χ2n) is 11.1. The summed E-state index contributed by atoms with van der Waals surface area (Å²) >= 11 is 0. The zero-order valence-corrected chi connectivity index (χ0v) is 26.8. The number of ether oxygens (including phenoxy) is 3. The topological polar surface area (TPSA) is 27.7 Å². The second-order valence-corrected chi connectivity index (χ2v) is 11.1. The first-order chi connectivity index (χ1) is 23.7. The Hall–Kier alpha value is -6.60. The predicted molar refractivity (Wildman–Crippen MR) is 196 cm³/mol. The van der Waals surface area contributed by atoms with E-state index in [1.54, 1.807) is 21.3 Å².